The number of hydrogen-bond donors (Lipinski definition) is 3. The van der Waals surface area contributed by atoms with Crippen LogP contribution in [-0.2, 0) is 35.6 Å². The molecule has 1 aromatic heterocycles. The molecule has 0 spiro atoms. The number of alkyl carbamates (subject to hydrolysis) is 1. The lowest BCUT2D eigenvalue weighted by Gasteiger charge is -2.30. The summed E-state index contributed by atoms with van der Waals surface area (Å²) in [5.41, 5.74) is -0.457. The molecule has 3 heterocycles. The van der Waals surface area contributed by atoms with E-state index in [1.165, 1.54) is 31.7 Å². The zero-order valence-corrected chi connectivity index (χ0v) is 30.1. The van der Waals surface area contributed by atoms with Gasteiger partial charge in [-0.1, -0.05) is 38.0 Å². The quantitative estimate of drug-likeness (QED) is 0.344. The maximum Gasteiger partial charge on any atom is 0.407 e. The molecule has 1 aliphatic carbocycles. The van der Waals surface area contributed by atoms with Crippen LogP contribution in [0.1, 0.15) is 84.6 Å². The van der Waals surface area contributed by atoms with Gasteiger partial charge in [0, 0.05) is 23.9 Å². The number of carbonyl (C=O) groups is 4. The average molecular weight is 712 g/mol. The van der Waals surface area contributed by atoms with Crippen LogP contribution in [-0.4, -0.2) is 83.7 Å². The average Bonchev–Trinajstić information content (AvgIpc) is 3.62. The Bertz CT molecular complexity index is 1740. The van der Waals surface area contributed by atoms with Crippen LogP contribution in [0.15, 0.2) is 43.1 Å². The van der Waals surface area contributed by atoms with E-state index in [-0.39, 0.29) is 26.0 Å². The molecule has 1 saturated heterocycles. The third-order valence-electron chi connectivity index (χ3n) is 9.78. The number of amides is 4. The molecule has 4 bridgehead atoms. The van der Waals surface area contributed by atoms with Crippen molar-refractivity contribution in [2.75, 3.05) is 13.2 Å². The van der Waals surface area contributed by atoms with Gasteiger partial charge in [-0.15, -0.1) is 6.58 Å². The molecular weight excluding hydrogens is 662 g/mol. The van der Waals surface area contributed by atoms with Crippen LogP contribution in [0.2, 0.25) is 0 Å². The van der Waals surface area contributed by atoms with Crippen LogP contribution in [0.5, 0.6) is 5.88 Å². The van der Waals surface area contributed by atoms with Crippen molar-refractivity contribution >= 4 is 44.6 Å². The fourth-order valence-electron chi connectivity index (χ4n) is 6.50. The number of benzene rings is 1. The number of pyridine rings is 1. The first-order valence-electron chi connectivity index (χ1n) is 17.5. The Balaban J connectivity index is 1.47. The Labute approximate surface area is 294 Å². The van der Waals surface area contributed by atoms with Crippen LogP contribution >= 0.6 is 0 Å². The van der Waals surface area contributed by atoms with Gasteiger partial charge in [-0.05, 0) is 82.4 Å². The molecule has 4 amide bonds. The van der Waals surface area contributed by atoms with E-state index in [0.717, 1.165) is 42.0 Å². The Morgan fingerprint density at radius 1 is 1.18 bits per heavy atom. The van der Waals surface area contributed by atoms with Crippen molar-refractivity contribution in [1.29, 1.82) is 0 Å². The molecular formula is C36H49N5O8S. The number of nitrogens with one attached hydrogen (secondary N) is 3. The summed E-state index contributed by atoms with van der Waals surface area (Å²) in [6.45, 7) is 10.3. The number of aryl methyl sites for hydroxylation is 1. The minimum absolute atomic E-state index is 0.0104. The van der Waals surface area contributed by atoms with Gasteiger partial charge >= 0.3 is 6.09 Å². The van der Waals surface area contributed by atoms with Gasteiger partial charge in [0.25, 0.3) is 5.91 Å². The molecule has 50 heavy (non-hydrogen) atoms. The van der Waals surface area contributed by atoms with Crippen molar-refractivity contribution in [2.45, 2.75) is 114 Å². The largest absolute Gasteiger partial charge is 0.472 e. The number of fused-ring (bicyclic) bond motifs is 3. The Morgan fingerprint density at radius 3 is 2.66 bits per heavy atom. The number of aromatic nitrogens is 1. The number of sulfonamides is 1. The lowest BCUT2D eigenvalue weighted by atomic mass is 10.0. The molecule has 2 aliphatic heterocycles. The molecule has 1 aromatic carbocycles. The molecule has 3 N–H and O–H groups in total. The Kier molecular flexibility index (Phi) is 11.1. The lowest BCUT2D eigenvalue weighted by Crippen LogP contribution is -2.59. The van der Waals surface area contributed by atoms with Gasteiger partial charge in [0.1, 0.15) is 23.7 Å². The van der Waals surface area contributed by atoms with E-state index in [2.05, 4.69) is 33.0 Å². The molecule has 2 fully saturated rings. The van der Waals surface area contributed by atoms with E-state index < -0.39 is 68.2 Å². The van der Waals surface area contributed by atoms with Gasteiger partial charge in [0.15, 0.2) is 0 Å². The van der Waals surface area contributed by atoms with Crippen molar-refractivity contribution in [1.82, 2.24) is 25.2 Å². The van der Waals surface area contributed by atoms with E-state index in [9.17, 15) is 27.6 Å². The number of cyclic esters (lactones) is 1. The fraction of sp³-hybridized carbons (Fsp3) is 0.583. The number of ether oxygens (including phenoxy) is 2. The zero-order chi connectivity index (χ0) is 36.3. The molecule has 1 saturated carbocycles. The SMILES string of the molecule is C=C[C@@H]1C[C@]1(NC(=O)[C@@H]1C[C@@H]2CN1C(=O)[C@H](CCCC)NC(=O)OCCCCCc1ccc3ccnc(c3c1)O2)C(=O)NS(=O)(=O)C(C)(C)C. The van der Waals surface area contributed by atoms with E-state index in [1.807, 2.05) is 25.1 Å². The molecule has 14 heteroatoms. The number of carbonyl (C=O) groups excluding carboxylic acids is 4. The highest BCUT2D eigenvalue weighted by Gasteiger charge is 2.62. The van der Waals surface area contributed by atoms with Crippen LogP contribution < -0.4 is 20.1 Å². The summed E-state index contributed by atoms with van der Waals surface area (Å²) in [6, 6.07) is 5.95. The van der Waals surface area contributed by atoms with Crippen molar-refractivity contribution in [3.8, 4) is 5.88 Å². The van der Waals surface area contributed by atoms with E-state index in [1.54, 1.807) is 6.20 Å². The van der Waals surface area contributed by atoms with E-state index in [0.29, 0.717) is 25.1 Å². The minimum atomic E-state index is -4.08. The van der Waals surface area contributed by atoms with Crippen LogP contribution in [0.4, 0.5) is 4.79 Å². The van der Waals surface area contributed by atoms with Gasteiger partial charge < -0.3 is 25.0 Å². The summed E-state index contributed by atoms with van der Waals surface area (Å²) in [6.07, 6.45) is 6.95. The van der Waals surface area contributed by atoms with Crippen molar-refractivity contribution in [3.63, 3.8) is 0 Å². The number of unbranched alkanes of at least 4 members (excludes halogenated alkanes) is 1. The summed E-state index contributed by atoms with van der Waals surface area (Å²) in [5.74, 6) is -2.14. The highest BCUT2D eigenvalue weighted by atomic mass is 32.2. The summed E-state index contributed by atoms with van der Waals surface area (Å²) < 4.78 is 38.5. The lowest BCUT2D eigenvalue weighted by molar-refractivity contribution is -0.141. The van der Waals surface area contributed by atoms with Crippen LogP contribution in [0, 0.1) is 5.92 Å². The molecule has 0 unspecified atom stereocenters. The first-order chi connectivity index (χ1) is 23.7. The van der Waals surface area contributed by atoms with Crippen molar-refractivity contribution in [3.05, 3.63) is 48.7 Å². The number of nitrogens with zero attached hydrogens (tertiary/aromatic N) is 2. The summed E-state index contributed by atoms with van der Waals surface area (Å²) in [5, 5.41) is 7.27. The molecule has 5 rings (SSSR count). The molecule has 5 atom stereocenters. The van der Waals surface area contributed by atoms with Gasteiger partial charge in [-0.2, -0.15) is 0 Å². The fourth-order valence-corrected chi connectivity index (χ4v) is 7.23. The first kappa shape index (κ1) is 37.1. The van der Waals surface area contributed by atoms with E-state index >= 15 is 0 Å². The predicted octanol–water partition coefficient (Wildman–Crippen LogP) is 3.90. The van der Waals surface area contributed by atoms with Crippen molar-refractivity contribution < 1.29 is 37.1 Å². The highest BCUT2D eigenvalue weighted by molar-refractivity contribution is 7.91. The van der Waals surface area contributed by atoms with Crippen LogP contribution in [0.25, 0.3) is 10.8 Å². The normalized spacial score (nSPS) is 26.2. The molecule has 13 nitrogen and oxygen atoms in total. The summed E-state index contributed by atoms with van der Waals surface area (Å²) in [4.78, 5) is 60.7. The number of hydrogen-bond acceptors (Lipinski definition) is 9. The summed E-state index contributed by atoms with van der Waals surface area (Å²) in [7, 11) is -4.08. The second-order valence-corrected chi connectivity index (χ2v) is 16.9. The zero-order valence-electron chi connectivity index (χ0n) is 29.3. The predicted molar refractivity (Wildman–Crippen MR) is 188 cm³/mol. The molecule has 3 aliphatic rings. The summed E-state index contributed by atoms with van der Waals surface area (Å²) >= 11 is 0. The topological polar surface area (TPSA) is 173 Å². The molecule has 272 valence electrons. The van der Waals surface area contributed by atoms with Gasteiger partial charge in [0.05, 0.1) is 17.9 Å². The minimum Gasteiger partial charge on any atom is -0.472 e. The van der Waals surface area contributed by atoms with Gasteiger partial charge in [-0.3, -0.25) is 19.1 Å². The van der Waals surface area contributed by atoms with Gasteiger partial charge in [0.2, 0.25) is 27.7 Å². The van der Waals surface area contributed by atoms with E-state index in [4.69, 9.17) is 9.47 Å². The standard InChI is InChI=1S/C36H49N5O8S/c1-6-8-13-28-32(43)41-22-26(20-29(41)30(42)39-36(21-25(36)7-2)33(44)40-50(46,47)35(3,4)5)49-31-27-19-23(14-15-24(27)16-17-37-31)12-10-9-11-18-48-34(45)38-28/h7,14-17,19,25-26,28-29H,2,6,8-13,18,20-22H2,1,3-5H3,(H,38,45)(H,39,42)(H,40,44)/t25-,26-,28+,29+,36-/m1/s1. The molecule has 2 aromatic rings. The highest BCUT2D eigenvalue weighted by Crippen LogP contribution is 2.45. The second-order valence-electron chi connectivity index (χ2n) is 14.5. The Hall–Kier alpha value is -4.20. The maximum atomic E-state index is 14.3. The van der Waals surface area contributed by atoms with Crippen LogP contribution in [0.3, 0.4) is 0 Å². The number of rotatable bonds is 8. The van der Waals surface area contributed by atoms with Crippen molar-refractivity contribution in [2.24, 2.45) is 5.92 Å². The smallest absolute Gasteiger partial charge is 0.407 e. The second kappa shape index (κ2) is 15.0. The van der Waals surface area contributed by atoms with Gasteiger partial charge in [-0.25, -0.2) is 18.2 Å². The molecule has 0 radical (unpaired) electrons. The Morgan fingerprint density at radius 2 is 1.96 bits per heavy atom. The third-order valence-corrected chi connectivity index (χ3v) is 11.9. The first-order valence-corrected chi connectivity index (χ1v) is 19.0. The maximum absolute atomic E-state index is 14.3. The monoisotopic (exact) mass is 711 g/mol. The third kappa shape index (κ3) is 8.06.